The molecule has 100 valence electrons. The average molecular weight is 260 g/mol. The van der Waals surface area contributed by atoms with Crippen LogP contribution in [0.25, 0.3) is 0 Å². The van der Waals surface area contributed by atoms with Crippen LogP contribution in [0.3, 0.4) is 0 Å². The number of hydrogen-bond donors (Lipinski definition) is 0. The number of rotatable bonds is 0. The molecule has 0 N–H and O–H groups in total. The highest BCUT2D eigenvalue weighted by Crippen LogP contribution is 2.49. The molecular formula is C20H20. The molecule has 0 saturated carbocycles. The smallest absolute Gasteiger partial charge is 0.0214 e. The van der Waals surface area contributed by atoms with Crippen molar-refractivity contribution in [3.63, 3.8) is 0 Å². The van der Waals surface area contributed by atoms with Gasteiger partial charge in [-0.15, -0.1) is 0 Å². The lowest BCUT2D eigenvalue weighted by Crippen LogP contribution is -2.24. The van der Waals surface area contributed by atoms with Crippen molar-refractivity contribution in [3.8, 4) is 0 Å². The Kier molecular flexibility index (Phi) is 2.30. The molecule has 0 heteroatoms. The second kappa shape index (κ2) is 3.85. The molecule has 0 amide bonds. The Hall–Kier alpha value is -1.82. The molecule has 0 aromatic heterocycles. The molecule has 4 aliphatic rings. The van der Waals surface area contributed by atoms with Gasteiger partial charge in [-0.05, 0) is 33.3 Å². The van der Waals surface area contributed by atoms with E-state index in [1.54, 1.807) is 5.57 Å². The van der Waals surface area contributed by atoms with Gasteiger partial charge < -0.3 is 0 Å². The first-order chi connectivity index (χ1) is 9.55. The van der Waals surface area contributed by atoms with E-state index in [0.29, 0.717) is 11.8 Å². The van der Waals surface area contributed by atoms with E-state index < -0.39 is 0 Å². The molecule has 0 aromatic rings. The Labute approximate surface area is 121 Å². The highest BCUT2D eigenvalue weighted by atomic mass is 14.4. The SMILES string of the molecule is CC(C)(C)C1=C2C=CC3C=CC=C4C=CC(C=C1)C2=C43. The zero-order chi connectivity index (χ0) is 13.9. The van der Waals surface area contributed by atoms with Crippen molar-refractivity contribution in [1.29, 1.82) is 0 Å². The predicted octanol–water partition coefficient (Wildman–Crippen LogP) is 5.06. The van der Waals surface area contributed by atoms with Gasteiger partial charge in [0, 0.05) is 11.8 Å². The fourth-order valence-corrected chi connectivity index (χ4v) is 3.73. The minimum absolute atomic E-state index is 0.192. The van der Waals surface area contributed by atoms with Gasteiger partial charge in [-0.2, -0.15) is 0 Å². The summed E-state index contributed by atoms with van der Waals surface area (Å²) in [6, 6.07) is 0. The summed E-state index contributed by atoms with van der Waals surface area (Å²) in [6.45, 7) is 6.92. The fraction of sp³-hybridized carbons (Fsp3) is 0.300. The van der Waals surface area contributed by atoms with Crippen LogP contribution in [0, 0.1) is 17.3 Å². The Morgan fingerprint density at radius 1 is 0.800 bits per heavy atom. The first kappa shape index (κ1) is 12.0. The summed E-state index contributed by atoms with van der Waals surface area (Å²) < 4.78 is 0. The summed E-state index contributed by atoms with van der Waals surface area (Å²) in [5.41, 5.74) is 7.59. The van der Waals surface area contributed by atoms with E-state index in [4.69, 9.17) is 0 Å². The molecule has 0 fully saturated rings. The lowest BCUT2D eigenvalue weighted by Gasteiger charge is -2.38. The average Bonchev–Trinajstić information content (AvgIpc) is 2.43. The molecule has 0 radical (unpaired) electrons. The molecule has 2 unspecified atom stereocenters. The lowest BCUT2D eigenvalue weighted by atomic mass is 9.66. The van der Waals surface area contributed by atoms with E-state index in [9.17, 15) is 0 Å². The van der Waals surface area contributed by atoms with Gasteiger partial charge in [-0.1, -0.05) is 75.5 Å². The third-order valence-corrected chi connectivity index (χ3v) is 4.67. The normalized spacial score (nSPS) is 29.9. The zero-order valence-electron chi connectivity index (χ0n) is 12.4. The van der Waals surface area contributed by atoms with Crippen molar-refractivity contribution in [2.24, 2.45) is 17.3 Å². The maximum absolute atomic E-state index is 2.37. The largest absolute Gasteiger partial charge is 0.0732 e. The predicted molar refractivity (Wildman–Crippen MR) is 85.1 cm³/mol. The molecule has 2 atom stereocenters. The molecular weight excluding hydrogens is 240 g/mol. The summed E-state index contributed by atoms with van der Waals surface area (Å²) in [4.78, 5) is 0. The van der Waals surface area contributed by atoms with Crippen molar-refractivity contribution in [2.75, 3.05) is 0 Å². The Bertz CT molecular complexity index is 691. The molecule has 4 rings (SSSR count). The van der Waals surface area contributed by atoms with Crippen LogP contribution < -0.4 is 0 Å². The topological polar surface area (TPSA) is 0 Å². The highest BCUT2D eigenvalue weighted by molar-refractivity contribution is 5.69. The molecule has 0 nitrogen and oxygen atoms in total. The zero-order valence-corrected chi connectivity index (χ0v) is 12.4. The Morgan fingerprint density at radius 3 is 2.30 bits per heavy atom. The molecule has 4 aliphatic carbocycles. The van der Waals surface area contributed by atoms with Gasteiger partial charge in [0.2, 0.25) is 0 Å². The van der Waals surface area contributed by atoms with Gasteiger partial charge in [-0.25, -0.2) is 0 Å². The van der Waals surface area contributed by atoms with Crippen LogP contribution in [0.1, 0.15) is 20.8 Å². The van der Waals surface area contributed by atoms with Crippen LogP contribution in [0.4, 0.5) is 0 Å². The third-order valence-electron chi connectivity index (χ3n) is 4.67. The maximum Gasteiger partial charge on any atom is 0.0214 e. The molecule has 0 saturated heterocycles. The van der Waals surface area contributed by atoms with Crippen molar-refractivity contribution < 1.29 is 0 Å². The van der Waals surface area contributed by atoms with Crippen LogP contribution >= 0.6 is 0 Å². The highest BCUT2D eigenvalue weighted by Gasteiger charge is 2.34. The quantitative estimate of drug-likeness (QED) is 0.571. The van der Waals surface area contributed by atoms with Crippen LogP contribution in [0.5, 0.6) is 0 Å². The van der Waals surface area contributed by atoms with Crippen LogP contribution in [0.15, 0.2) is 82.5 Å². The van der Waals surface area contributed by atoms with Gasteiger partial charge in [0.25, 0.3) is 0 Å². The summed E-state index contributed by atoms with van der Waals surface area (Å²) in [6.07, 6.45) is 20.8. The molecule has 0 heterocycles. The van der Waals surface area contributed by atoms with Crippen molar-refractivity contribution in [1.82, 2.24) is 0 Å². The molecule has 20 heavy (non-hydrogen) atoms. The van der Waals surface area contributed by atoms with Crippen LogP contribution in [-0.4, -0.2) is 0 Å². The van der Waals surface area contributed by atoms with Crippen molar-refractivity contribution >= 4 is 0 Å². The summed E-state index contributed by atoms with van der Waals surface area (Å²) in [7, 11) is 0. The van der Waals surface area contributed by atoms with Crippen LogP contribution in [0.2, 0.25) is 0 Å². The van der Waals surface area contributed by atoms with Gasteiger partial charge in [0.15, 0.2) is 0 Å². The fourth-order valence-electron chi connectivity index (χ4n) is 3.73. The third kappa shape index (κ3) is 1.54. The van der Waals surface area contributed by atoms with Crippen molar-refractivity contribution in [3.05, 3.63) is 82.5 Å². The monoisotopic (exact) mass is 260 g/mol. The van der Waals surface area contributed by atoms with Gasteiger partial charge in [-0.3, -0.25) is 0 Å². The van der Waals surface area contributed by atoms with E-state index in [1.165, 1.54) is 22.3 Å². The van der Waals surface area contributed by atoms with Gasteiger partial charge >= 0.3 is 0 Å². The Morgan fingerprint density at radius 2 is 1.50 bits per heavy atom. The summed E-state index contributed by atoms with van der Waals surface area (Å²) in [5, 5.41) is 0. The molecule has 0 aromatic carbocycles. The van der Waals surface area contributed by atoms with Crippen LogP contribution in [-0.2, 0) is 0 Å². The van der Waals surface area contributed by atoms with Gasteiger partial charge in [0.1, 0.15) is 0 Å². The first-order valence-electron chi connectivity index (χ1n) is 7.48. The number of hydrogen-bond acceptors (Lipinski definition) is 0. The molecule has 0 bridgehead atoms. The standard InChI is InChI=1S/C20H20/c1-20(2,3)17-12-10-15-8-7-13-5-4-6-14-9-11-16(17)19(15)18(13)14/h4-12,14-15H,1-3H3. The van der Waals surface area contributed by atoms with E-state index in [2.05, 4.69) is 75.5 Å². The summed E-state index contributed by atoms with van der Waals surface area (Å²) in [5.74, 6) is 0.927. The Balaban J connectivity index is 2.00. The summed E-state index contributed by atoms with van der Waals surface area (Å²) >= 11 is 0. The molecule has 0 aliphatic heterocycles. The minimum atomic E-state index is 0.192. The van der Waals surface area contributed by atoms with E-state index in [1.807, 2.05) is 0 Å². The molecule has 0 spiro atoms. The van der Waals surface area contributed by atoms with Gasteiger partial charge in [0.05, 0.1) is 0 Å². The lowest BCUT2D eigenvalue weighted by molar-refractivity contribution is 0.510. The minimum Gasteiger partial charge on any atom is -0.0732 e. The van der Waals surface area contributed by atoms with E-state index >= 15 is 0 Å². The number of allylic oxidation sites excluding steroid dienone is 14. The second-order valence-electron chi connectivity index (χ2n) is 7.04. The first-order valence-corrected chi connectivity index (χ1v) is 7.48. The van der Waals surface area contributed by atoms with E-state index in [-0.39, 0.29) is 5.41 Å². The maximum atomic E-state index is 2.37. The second-order valence-corrected chi connectivity index (χ2v) is 7.04. The van der Waals surface area contributed by atoms with E-state index in [0.717, 1.165) is 0 Å². The van der Waals surface area contributed by atoms with Crippen molar-refractivity contribution in [2.45, 2.75) is 20.8 Å².